The molecule has 3 nitrogen and oxygen atoms in total. The normalized spacial score (nSPS) is 23.6. The summed E-state index contributed by atoms with van der Waals surface area (Å²) < 4.78 is 6.14. The fraction of sp³-hybridized carbons (Fsp3) is 0.286. The molecule has 0 fully saturated rings. The van der Waals surface area contributed by atoms with Gasteiger partial charge in [-0.2, -0.15) is 0 Å². The van der Waals surface area contributed by atoms with Gasteiger partial charge >= 0.3 is 5.97 Å². The molecule has 0 amide bonds. The molecule has 4 heteroatoms. The third-order valence-electron chi connectivity index (χ3n) is 5.37. The van der Waals surface area contributed by atoms with Crippen molar-refractivity contribution >= 4 is 27.6 Å². The molecule has 0 unspecified atom stereocenters. The molecular formula is C21H20BrNO2. The van der Waals surface area contributed by atoms with E-state index in [1.54, 1.807) is 0 Å². The number of rotatable bonds is 2. The molecule has 2 aliphatic rings. The lowest BCUT2D eigenvalue weighted by atomic mass is 9.75. The smallest absolute Gasteiger partial charge is 0.338 e. The monoisotopic (exact) mass is 397 g/mol. The summed E-state index contributed by atoms with van der Waals surface area (Å²) in [7, 11) is 1.44. The summed E-state index contributed by atoms with van der Waals surface area (Å²) in [6, 6.07) is 12.5. The lowest BCUT2D eigenvalue weighted by Crippen LogP contribution is -2.31. The number of anilines is 1. The summed E-state index contributed by atoms with van der Waals surface area (Å²) in [6.45, 7) is 2.09. The summed E-state index contributed by atoms with van der Waals surface area (Å²) in [5.74, 6) is 0.343. The lowest BCUT2D eigenvalue weighted by Gasteiger charge is -2.39. The Kier molecular flexibility index (Phi) is 4.16. The van der Waals surface area contributed by atoms with Crippen molar-refractivity contribution < 1.29 is 9.53 Å². The molecule has 4 rings (SSSR count). The Morgan fingerprint density at radius 3 is 2.80 bits per heavy atom. The van der Waals surface area contributed by atoms with E-state index >= 15 is 0 Å². The highest BCUT2D eigenvalue weighted by molar-refractivity contribution is 9.10. The maximum absolute atomic E-state index is 12.3. The van der Waals surface area contributed by atoms with Gasteiger partial charge in [-0.25, -0.2) is 4.79 Å². The molecule has 1 aliphatic heterocycles. The van der Waals surface area contributed by atoms with Crippen molar-refractivity contribution in [3.8, 4) is 0 Å². The maximum Gasteiger partial charge on any atom is 0.338 e. The molecule has 1 heterocycles. The van der Waals surface area contributed by atoms with Crippen LogP contribution in [-0.2, 0) is 4.74 Å². The summed E-state index contributed by atoms with van der Waals surface area (Å²) in [5.41, 5.74) is 5.22. The van der Waals surface area contributed by atoms with Crippen LogP contribution >= 0.6 is 15.9 Å². The standard InChI is InChI=1S/C21H20BrNO2/c1-12-10-11-16(21(24)25-2)18-13-7-5-8-14(13)20(23-19(12)18)15-6-3-4-9-17(15)22/h3-7,9-11,13-14,20,23H,8H2,1-2H3/t13-,14+,20-/m1/s1. The topological polar surface area (TPSA) is 38.3 Å². The van der Waals surface area contributed by atoms with E-state index in [0.717, 1.165) is 27.7 Å². The molecule has 0 radical (unpaired) electrons. The first-order valence-electron chi connectivity index (χ1n) is 8.51. The zero-order valence-electron chi connectivity index (χ0n) is 14.3. The summed E-state index contributed by atoms with van der Waals surface area (Å²) in [5, 5.41) is 3.74. The second-order valence-electron chi connectivity index (χ2n) is 6.71. The van der Waals surface area contributed by atoms with Gasteiger partial charge in [-0.1, -0.05) is 52.3 Å². The SMILES string of the molecule is COC(=O)c1ccc(C)c2c1[C@@H]1C=CC[C@@H]1[C@H](c1ccccc1Br)N2. The molecule has 1 N–H and O–H groups in total. The van der Waals surface area contributed by atoms with Crippen molar-refractivity contribution in [1.82, 2.24) is 0 Å². The molecule has 2 aromatic carbocycles. The second kappa shape index (κ2) is 6.34. The Morgan fingerprint density at radius 2 is 2.04 bits per heavy atom. The molecule has 0 aromatic heterocycles. The molecule has 0 spiro atoms. The number of esters is 1. The molecule has 0 saturated heterocycles. The minimum atomic E-state index is -0.267. The number of halogens is 1. The van der Waals surface area contributed by atoms with Gasteiger partial charge in [0.15, 0.2) is 0 Å². The van der Waals surface area contributed by atoms with Gasteiger partial charge in [0.2, 0.25) is 0 Å². The van der Waals surface area contributed by atoms with Crippen molar-refractivity contribution in [2.24, 2.45) is 5.92 Å². The Labute approximate surface area is 156 Å². The van der Waals surface area contributed by atoms with Crippen LogP contribution in [0.3, 0.4) is 0 Å². The van der Waals surface area contributed by atoms with Crippen LogP contribution in [0.2, 0.25) is 0 Å². The molecule has 3 atom stereocenters. The van der Waals surface area contributed by atoms with Crippen LogP contribution in [0.15, 0.2) is 53.0 Å². The number of allylic oxidation sites excluding steroid dienone is 2. The number of carbonyl (C=O) groups is 1. The Bertz CT molecular complexity index is 874. The quantitative estimate of drug-likeness (QED) is 0.546. The van der Waals surface area contributed by atoms with Gasteiger partial charge in [-0.15, -0.1) is 0 Å². The molecule has 0 saturated carbocycles. The van der Waals surface area contributed by atoms with Crippen molar-refractivity contribution in [3.05, 3.63) is 75.3 Å². The highest BCUT2D eigenvalue weighted by Crippen LogP contribution is 2.52. The molecule has 1 aliphatic carbocycles. The van der Waals surface area contributed by atoms with E-state index in [2.05, 4.69) is 58.5 Å². The predicted octanol–water partition coefficient (Wildman–Crippen LogP) is 5.37. The maximum atomic E-state index is 12.3. The van der Waals surface area contributed by atoms with Gasteiger partial charge in [-0.3, -0.25) is 0 Å². The van der Waals surface area contributed by atoms with E-state index in [-0.39, 0.29) is 17.9 Å². The van der Waals surface area contributed by atoms with Crippen molar-refractivity contribution in [2.45, 2.75) is 25.3 Å². The van der Waals surface area contributed by atoms with Crippen molar-refractivity contribution in [2.75, 3.05) is 12.4 Å². The minimum absolute atomic E-state index is 0.203. The van der Waals surface area contributed by atoms with Crippen molar-refractivity contribution in [3.63, 3.8) is 0 Å². The molecule has 2 aromatic rings. The van der Waals surface area contributed by atoms with Crippen LogP contribution < -0.4 is 5.32 Å². The summed E-state index contributed by atoms with van der Waals surface area (Å²) in [6.07, 6.45) is 5.48. The molecular weight excluding hydrogens is 378 g/mol. The zero-order chi connectivity index (χ0) is 17.6. The van der Waals surface area contributed by atoms with Crippen LogP contribution in [-0.4, -0.2) is 13.1 Å². The molecule has 128 valence electrons. The summed E-state index contributed by atoms with van der Waals surface area (Å²) >= 11 is 3.70. The van der Waals surface area contributed by atoms with Crippen LogP contribution in [0, 0.1) is 12.8 Å². The first-order chi connectivity index (χ1) is 12.1. The van der Waals surface area contributed by atoms with Gasteiger partial charge in [0.25, 0.3) is 0 Å². The number of fused-ring (bicyclic) bond motifs is 3. The Hall–Kier alpha value is -2.07. The second-order valence-corrected chi connectivity index (χ2v) is 7.56. The fourth-order valence-corrected chi connectivity index (χ4v) is 4.71. The number of benzene rings is 2. The third-order valence-corrected chi connectivity index (χ3v) is 6.10. The minimum Gasteiger partial charge on any atom is -0.465 e. The van der Waals surface area contributed by atoms with E-state index in [0.29, 0.717) is 11.5 Å². The van der Waals surface area contributed by atoms with E-state index in [1.807, 2.05) is 18.2 Å². The average molecular weight is 398 g/mol. The first-order valence-corrected chi connectivity index (χ1v) is 9.30. The van der Waals surface area contributed by atoms with Crippen LogP contribution in [0.1, 0.15) is 45.4 Å². The van der Waals surface area contributed by atoms with Crippen molar-refractivity contribution in [1.29, 1.82) is 0 Å². The number of carbonyl (C=O) groups excluding carboxylic acids is 1. The first kappa shape index (κ1) is 16.4. The van der Waals surface area contributed by atoms with Crippen LogP contribution in [0.5, 0.6) is 0 Å². The average Bonchev–Trinajstić information content (AvgIpc) is 3.11. The van der Waals surface area contributed by atoms with Crippen LogP contribution in [0.25, 0.3) is 0 Å². The van der Waals surface area contributed by atoms with Crippen LogP contribution in [0.4, 0.5) is 5.69 Å². The van der Waals surface area contributed by atoms with Gasteiger partial charge in [0.1, 0.15) is 0 Å². The number of methoxy groups -OCH3 is 1. The van der Waals surface area contributed by atoms with Gasteiger partial charge < -0.3 is 10.1 Å². The lowest BCUT2D eigenvalue weighted by molar-refractivity contribution is 0.0598. The van der Waals surface area contributed by atoms with Gasteiger partial charge in [0, 0.05) is 16.1 Å². The molecule has 25 heavy (non-hydrogen) atoms. The largest absolute Gasteiger partial charge is 0.465 e. The number of aryl methyl sites for hydroxylation is 1. The van der Waals surface area contributed by atoms with E-state index in [9.17, 15) is 4.79 Å². The van der Waals surface area contributed by atoms with E-state index in [1.165, 1.54) is 12.7 Å². The predicted molar refractivity (Wildman–Crippen MR) is 103 cm³/mol. The Morgan fingerprint density at radius 1 is 1.24 bits per heavy atom. The Balaban J connectivity index is 1.89. The number of hydrogen-bond donors (Lipinski definition) is 1. The highest BCUT2D eigenvalue weighted by Gasteiger charge is 2.41. The molecule has 0 bridgehead atoms. The van der Waals surface area contributed by atoms with E-state index in [4.69, 9.17) is 4.74 Å². The van der Waals surface area contributed by atoms with Gasteiger partial charge in [0.05, 0.1) is 18.7 Å². The van der Waals surface area contributed by atoms with Gasteiger partial charge in [-0.05, 0) is 48.1 Å². The highest BCUT2D eigenvalue weighted by atomic mass is 79.9. The fourth-order valence-electron chi connectivity index (χ4n) is 4.18. The number of nitrogens with one attached hydrogen (secondary N) is 1. The number of hydrogen-bond acceptors (Lipinski definition) is 3. The summed E-state index contributed by atoms with van der Waals surface area (Å²) in [4.78, 5) is 12.3. The van der Waals surface area contributed by atoms with E-state index < -0.39 is 0 Å². The third kappa shape index (κ3) is 2.60. The zero-order valence-corrected chi connectivity index (χ0v) is 15.8. The number of ether oxygens (including phenoxy) is 1.